The van der Waals surface area contributed by atoms with E-state index in [4.69, 9.17) is 9.47 Å². The predicted octanol–water partition coefficient (Wildman–Crippen LogP) is 4.28. The molecule has 0 saturated heterocycles. The summed E-state index contributed by atoms with van der Waals surface area (Å²) in [5, 5.41) is 0. The van der Waals surface area contributed by atoms with Crippen molar-refractivity contribution in [2.24, 2.45) is 11.8 Å². The van der Waals surface area contributed by atoms with Gasteiger partial charge in [0.25, 0.3) is 0 Å². The zero-order chi connectivity index (χ0) is 17.0. The summed E-state index contributed by atoms with van der Waals surface area (Å²) in [7, 11) is 0. The summed E-state index contributed by atoms with van der Waals surface area (Å²) in [6.07, 6.45) is 5.46. The minimum absolute atomic E-state index is 0.0989. The van der Waals surface area contributed by atoms with Crippen LogP contribution in [0.4, 0.5) is 0 Å². The molecule has 0 aromatic heterocycles. The van der Waals surface area contributed by atoms with Crippen LogP contribution in [0.3, 0.4) is 0 Å². The number of carbonyl (C=O) groups is 2. The third-order valence-electron chi connectivity index (χ3n) is 3.20. The fourth-order valence-corrected chi connectivity index (χ4v) is 1.78. The molecule has 128 valence electrons. The summed E-state index contributed by atoms with van der Waals surface area (Å²) in [6, 6.07) is 0. The van der Waals surface area contributed by atoms with Crippen molar-refractivity contribution in [2.75, 3.05) is 13.2 Å². The Labute approximate surface area is 135 Å². The van der Waals surface area contributed by atoms with Crippen molar-refractivity contribution in [2.45, 2.75) is 66.7 Å². The minimum Gasteiger partial charge on any atom is -0.466 e. The molecule has 0 radical (unpaired) electrons. The maximum Gasteiger partial charge on any atom is 0.306 e. The predicted molar refractivity (Wildman–Crippen MR) is 88.4 cm³/mol. The molecule has 0 fully saturated rings. The van der Waals surface area contributed by atoms with Gasteiger partial charge in [0.1, 0.15) is 0 Å². The first-order valence-corrected chi connectivity index (χ1v) is 8.25. The highest BCUT2D eigenvalue weighted by molar-refractivity contribution is 5.77. The largest absolute Gasteiger partial charge is 0.466 e. The summed E-state index contributed by atoms with van der Waals surface area (Å²) in [6.45, 7) is 11.1. The first-order chi connectivity index (χ1) is 10.3. The lowest BCUT2D eigenvalue weighted by Crippen LogP contribution is -2.13. The standard InChI is InChI=1S/C18H32O4/c1-14(2)7-6-8-16(5)11-12-21-17(19)9-10-18(20)22-13-15(3)4/h7,15-16H,6,8-13H2,1-5H3. The molecule has 0 amide bonds. The molecular weight excluding hydrogens is 280 g/mol. The zero-order valence-electron chi connectivity index (χ0n) is 14.8. The Balaban J connectivity index is 3.64. The second kappa shape index (κ2) is 12.2. The number of hydrogen-bond acceptors (Lipinski definition) is 4. The van der Waals surface area contributed by atoms with Crippen LogP contribution in [0.15, 0.2) is 11.6 Å². The van der Waals surface area contributed by atoms with Gasteiger partial charge in [-0.05, 0) is 44.9 Å². The van der Waals surface area contributed by atoms with Crippen LogP contribution >= 0.6 is 0 Å². The lowest BCUT2D eigenvalue weighted by atomic mass is 10.0. The van der Waals surface area contributed by atoms with Crippen LogP contribution in [0.2, 0.25) is 0 Å². The smallest absolute Gasteiger partial charge is 0.306 e. The van der Waals surface area contributed by atoms with Crippen molar-refractivity contribution >= 4 is 11.9 Å². The maximum absolute atomic E-state index is 11.5. The highest BCUT2D eigenvalue weighted by Gasteiger charge is 2.10. The lowest BCUT2D eigenvalue weighted by molar-refractivity contribution is -0.151. The van der Waals surface area contributed by atoms with Crippen LogP contribution in [0.1, 0.15) is 66.7 Å². The van der Waals surface area contributed by atoms with Crippen molar-refractivity contribution in [3.05, 3.63) is 11.6 Å². The summed E-state index contributed by atoms with van der Waals surface area (Å²) >= 11 is 0. The van der Waals surface area contributed by atoms with E-state index in [2.05, 4.69) is 26.8 Å². The van der Waals surface area contributed by atoms with E-state index < -0.39 is 0 Å². The van der Waals surface area contributed by atoms with Gasteiger partial charge in [-0.2, -0.15) is 0 Å². The van der Waals surface area contributed by atoms with Gasteiger partial charge >= 0.3 is 11.9 Å². The van der Waals surface area contributed by atoms with Crippen molar-refractivity contribution in [1.82, 2.24) is 0 Å². The topological polar surface area (TPSA) is 52.6 Å². The SMILES string of the molecule is CC(C)=CCCC(C)CCOC(=O)CCC(=O)OCC(C)C. The minimum atomic E-state index is -0.333. The van der Waals surface area contributed by atoms with E-state index in [1.165, 1.54) is 5.57 Å². The molecule has 0 aromatic carbocycles. The number of hydrogen-bond donors (Lipinski definition) is 0. The Hall–Kier alpha value is -1.32. The molecule has 4 nitrogen and oxygen atoms in total. The average Bonchev–Trinajstić information content (AvgIpc) is 2.42. The van der Waals surface area contributed by atoms with Crippen LogP contribution < -0.4 is 0 Å². The van der Waals surface area contributed by atoms with E-state index in [1.54, 1.807) is 0 Å². The van der Waals surface area contributed by atoms with Crippen LogP contribution in [0, 0.1) is 11.8 Å². The summed E-state index contributed by atoms with van der Waals surface area (Å²) < 4.78 is 10.2. The third kappa shape index (κ3) is 13.7. The number of ether oxygens (including phenoxy) is 2. The zero-order valence-corrected chi connectivity index (χ0v) is 14.8. The van der Waals surface area contributed by atoms with Crippen molar-refractivity contribution in [1.29, 1.82) is 0 Å². The van der Waals surface area contributed by atoms with E-state index in [0.29, 0.717) is 25.0 Å². The van der Waals surface area contributed by atoms with Crippen molar-refractivity contribution < 1.29 is 19.1 Å². The molecule has 0 aromatic rings. The molecule has 0 heterocycles. The molecule has 0 aliphatic rings. The van der Waals surface area contributed by atoms with E-state index in [-0.39, 0.29) is 24.8 Å². The molecule has 0 bridgehead atoms. The molecule has 0 aliphatic heterocycles. The molecule has 1 unspecified atom stereocenters. The van der Waals surface area contributed by atoms with Crippen LogP contribution in [-0.2, 0) is 19.1 Å². The summed E-state index contributed by atoms with van der Waals surface area (Å²) in [5.41, 5.74) is 1.34. The van der Waals surface area contributed by atoms with E-state index in [1.807, 2.05) is 13.8 Å². The number of rotatable bonds is 11. The maximum atomic E-state index is 11.5. The van der Waals surface area contributed by atoms with Gasteiger partial charge in [0.15, 0.2) is 0 Å². The summed E-state index contributed by atoms with van der Waals surface area (Å²) in [5.74, 6) is 0.182. The Morgan fingerprint density at radius 1 is 0.955 bits per heavy atom. The van der Waals surface area contributed by atoms with E-state index in [0.717, 1.165) is 19.3 Å². The van der Waals surface area contributed by atoms with Crippen LogP contribution in [-0.4, -0.2) is 25.2 Å². The molecular formula is C18H32O4. The van der Waals surface area contributed by atoms with Crippen LogP contribution in [0.25, 0.3) is 0 Å². The second-order valence-corrected chi connectivity index (χ2v) is 6.55. The Kier molecular flexibility index (Phi) is 11.5. The molecule has 0 aliphatic carbocycles. The second-order valence-electron chi connectivity index (χ2n) is 6.55. The van der Waals surface area contributed by atoms with Gasteiger partial charge in [0.2, 0.25) is 0 Å². The normalized spacial score (nSPS) is 11.9. The third-order valence-corrected chi connectivity index (χ3v) is 3.20. The van der Waals surface area contributed by atoms with Gasteiger partial charge in [0, 0.05) is 0 Å². The van der Waals surface area contributed by atoms with Gasteiger partial charge in [0.05, 0.1) is 26.1 Å². The number of carbonyl (C=O) groups excluding carboxylic acids is 2. The van der Waals surface area contributed by atoms with Crippen LogP contribution in [0.5, 0.6) is 0 Å². The molecule has 0 spiro atoms. The first-order valence-electron chi connectivity index (χ1n) is 8.25. The summed E-state index contributed by atoms with van der Waals surface area (Å²) in [4.78, 5) is 22.9. The molecule has 1 atom stereocenters. The van der Waals surface area contributed by atoms with Crippen molar-refractivity contribution in [3.63, 3.8) is 0 Å². The molecule has 0 saturated carbocycles. The quantitative estimate of drug-likeness (QED) is 0.422. The van der Waals surface area contributed by atoms with Gasteiger partial charge in [-0.15, -0.1) is 0 Å². The Bertz CT molecular complexity index is 354. The highest BCUT2D eigenvalue weighted by atomic mass is 16.5. The van der Waals surface area contributed by atoms with Crippen molar-refractivity contribution in [3.8, 4) is 0 Å². The van der Waals surface area contributed by atoms with E-state index >= 15 is 0 Å². The Morgan fingerprint density at radius 2 is 1.55 bits per heavy atom. The monoisotopic (exact) mass is 312 g/mol. The lowest BCUT2D eigenvalue weighted by Gasteiger charge is -2.11. The molecule has 0 N–H and O–H groups in total. The highest BCUT2D eigenvalue weighted by Crippen LogP contribution is 2.12. The number of esters is 2. The Morgan fingerprint density at radius 3 is 2.09 bits per heavy atom. The van der Waals surface area contributed by atoms with Gasteiger partial charge in [-0.1, -0.05) is 32.4 Å². The van der Waals surface area contributed by atoms with Gasteiger partial charge < -0.3 is 9.47 Å². The fourth-order valence-electron chi connectivity index (χ4n) is 1.78. The molecule has 22 heavy (non-hydrogen) atoms. The number of allylic oxidation sites excluding steroid dienone is 2. The fraction of sp³-hybridized carbons (Fsp3) is 0.778. The molecule has 4 heteroatoms. The molecule has 0 rings (SSSR count). The van der Waals surface area contributed by atoms with E-state index in [9.17, 15) is 9.59 Å². The first kappa shape index (κ1) is 20.7. The average molecular weight is 312 g/mol. The van der Waals surface area contributed by atoms with Gasteiger partial charge in [-0.25, -0.2) is 0 Å². The van der Waals surface area contributed by atoms with Gasteiger partial charge in [-0.3, -0.25) is 9.59 Å².